The van der Waals surface area contributed by atoms with Gasteiger partial charge in [0.1, 0.15) is 6.04 Å². The molecule has 0 saturated carbocycles. The van der Waals surface area contributed by atoms with E-state index in [1.165, 1.54) is 0 Å². The summed E-state index contributed by atoms with van der Waals surface area (Å²) in [4.78, 5) is 36.0. The predicted octanol–water partition coefficient (Wildman–Crippen LogP) is 4.30. The van der Waals surface area contributed by atoms with Gasteiger partial charge in [-0.2, -0.15) is 0 Å². The molecule has 0 rings (SSSR count). The van der Waals surface area contributed by atoms with Crippen LogP contribution in [0, 0.1) is 0 Å². The first-order valence-corrected chi connectivity index (χ1v) is 10.7. The second-order valence-electron chi connectivity index (χ2n) is 6.92. The number of esters is 2. The van der Waals surface area contributed by atoms with Gasteiger partial charge >= 0.3 is 11.9 Å². The molecule has 0 bridgehead atoms. The highest BCUT2D eigenvalue weighted by molar-refractivity contribution is 5.84. The van der Waals surface area contributed by atoms with Crippen LogP contribution in [0.25, 0.3) is 0 Å². The molecular weight excluding hydrogens is 346 g/mol. The monoisotopic (exact) mass is 385 g/mol. The summed E-state index contributed by atoms with van der Waals surface area (Å²) in [5.74, 6) is -0.998. The Labute approximate surface area is 164 Å². The lowest BCUT2D eigenvalue weighted by Crippen LogP contribution is -2.42. The van der Waals surface area contributed by atoms with Crippen LogP contribution in [0.3, 0.4) is 0 Å². The van der Waals surface area contributed by atoms with Crippen molar-refractivity contribution >= 4 is 17.8 Å². The number of unbranched alkanes of at least 4 members (excludes halogenated alkanes) is 6. The minimum atomic E-state index is -0.789. The lowest BCUT2D eigenvalue weighted by atomic mass is 10.1. The van der Waals surface area contributed by atoms with Crippen molar-refractivity contribution < 1.29 is 23.9 Å². The van der Waals surface area contributed by atoms with Crippen molar-refractivity contribution in [3.05, 3.63) is 0 Å². The summed E-state index contributed by atoms with van der Waals surface area (Å²) < 4.78 is 10.5. The minimum absolute atomic E-state index is 0.0930. The van der Waals surface area contributed by atoms with Gasteiger partial charge in [0.15, 0.2) is 0 Å². The molecule has 0 aromatic rings. The summed E-state index contributed by atoms with van der Waals surface area (Å²) in [7, 11) is 0. The smallest absolute Gasteiger partial charge is 0.328 e. The van der Waals surface area contributed by atoms with Gasteiger partial charge < -0.3 is 14.8 Å². The minimum Gasteiger partial charge on any atom is -0.466 e. The molecular formula is C21H39NO5. The van der Waals surface area contributed by atoms with E-state index in [-0.39, 0.29) is 24.7 Å². The van der Waals surface area contributed by atoms with Gasteiger partial charge in [-0.15, -0.1) is 0 Å². The standard InChI is InChI=1S/C21H39NO5/c1-4-7-9-11-16-26-20(24)15-14-18(22-19(23)13-6-3)21(25)27-17-12-10-8-5-2/h18H,4-17H2,1-3H3,(H,22,23)/t18-/m0/s1. The lowest BCUT2D eigenvalue weighted by Gasteiger charge is -2.17. The summed E-state index contributed by atoms with van der Waals surface area (Å²) >= 11 is 0. The molecule has 0 aromatic carbocycles. The molecule has 6 heteroatoms. The molecule has 0 fully saturated rings. The van der Waals surface area contributed by atoms with Crippen molar-refractivity contribution in [2.45, 2.75) is 104 Å². The summed E-state index contributed by atoms with van der Waals surface area (Å²) in [5, 5.41) is 2.69. The van der Waals surface area contributed by atoms with E-state index in [2.05, 4.69) is 19.2 Å². The summed E-state index contributed by atoms with van der Waals surface area (Å²) in [6, 6.07) is -0.789. The Bertz CT molecular complexity index is 411. The van der Waals surface area contributed by atoms with Crippen LogP contribution in [-0.2, 0) is 23.9 Å². The third-order valence-electron chi connectivity index (χ3n) is 4.24. The Morgan fingerprint density at radius 3 is 1.89 bits per heavy atom. The number of hydrogen-bond donors (Lipinski definition) is 1. The predicted molar refractivity (Wildman–Crippen MR) is 106 cm³/mol. The third kappa shape index (κ3) is 15.2. The Kier molecular flexibility index (Phi) is 16.8. The summed E-state index contributed by atoms with van der Waals surface area (Å²) in [6.45, 7) is 6.90. The second kappa shape index (κ2) is 17.8. The topological polar surface area (TPSA) is 81.7 Å². The summed E-state index contributed by atoms with van der Waals surface area (Å²) in [6.07, 6.45) is 9.57. The maximum absolute atomic E-state index is 12.3. The number of rotatable bonds is 17. The molecule has 0 aliphatic rings. The normalized spacial score (nSPS) is 11.7. The van der Waals surface area contributed by atoms with Gasteiger partial charge in [0, 0.05) is 12.8 Å². The molecule has 27 heavy (non-hydrogen) atoms. The Hall–Kier alpha value is -1.59. The fraction of sp³-hybridized carbons (Fsp3) is 0.857. The van der Waals surface area contributed by atoms with Gasteiger partial charge in [0.2, 0.25) is 5.91 Å². The van der Waals surface area contributed by atoms with E-state index in [1.807, 2.05) is 6.92 Å². The SMILES string of the molecule is CCCCCCOC(=O)CC[C@H](NC(=O)CCC)C(=O)OCCCCCC. The maximum Gasteiger partial charge on any atom is 0.328 e. The van der Waals surface area contributed by atoms with Gasteiger partial charge in [-0.25, -0.2) is 4.79 Å². The largest absolute Gasteiger partial charge is 0.466 e. The number of ether oxygens (including phenoxy) is 2. The average molecular weight is 386 g/mol. The van der Waals surface area contributed by atoms with Gasteiger partial charge in [0.05, 0.1) is 13.2 Å². The molecule has 0 radical (unpaired) electrons. The first-order valence-electron chi connectivity index (χ1n) is 10.7. The quantitative estimate of drug-likeness (QED) is 0.298. The van der Waals surface area contributed by atoms with Crippen LogP contribution in [0.15, 0.2) is 0 Å². The van der Waals surface area contributed by atoms with Crippen LogP contribution in [0.1, 0.15) is 97.8 Å². The third-order valence-corrected chi connectivity index (χ3v) is 4.24. The average Bonchev–Trinajstić information content (AvgIpc) is 2.64. The van der Waals surface area contributed by atoms with Crippen LogP contribution in [0.4, 0.5) is 0 Å². The van der Waals surface area contributed by atoms with Gasteiger partial charge in [-0.1, -0.05) is 59.3 Å². The van der Waals surface area contributed by atoms with E-state index >= 15 is 0 Å². The molecule has 1 atom stereocenters. The van der Waals surface area contributed by atoms with Crippen molar-refractivity contribution in [2.75, 3.05) is 13.2 Å². The zero-order valence-electron chi connectivity index (χ0n) is 17.5. The Balaban J connectivity index is 4.30. The van der Waals surface area contributed by atoms with Crippen molar-refractivity contribution in [3.63, 3.8) is 0 Å². The molecule has 158 valence electrons. The number of nitrogens with one attached hydrogen (secondary N) is 1. The number of hydrogen-bond acceptors (Lipinski definition) is 5. The van der Waals surface area contributed by atoms with Crippen molar-refractivity contribution in [3.8, 4) is 0 Å². The van der Waals surface area contributed by atoms with E-state index in [1.54, 1.807) is 0 Å². The van der Waals surface area contributed by atoms with E-state index in [9.17, 15) is 14.4 Å². The van der Waals surface area contributed by atoms with Crippen LogP contribution >= 0.6 is 0 Å². The van der Waals surface area contributed by atoms with E-state index in [4.69, 9.17) is 9.47 Å². The van der Waals surface area contributed by atoms with Crippen molar-refractivity contribution in [1.82, 2.24) is 5.32 Å². The Morgan fingerprint density at radius 1 is 0.741 bits per heavy atom. The first kappa shape index (κ1) is 25.4. The maximum atomic E-state index is 12.3. The second-order valence-corrected chi connectivity index (χ2v) is 6.92. The molecule has 0 aromatic heterocycles. The number of carbonyl (C=O) groups is 3. The fourth-order valence-electron chi connectivity index (χ4n) is 2.59. The summed E-state index contributed by atoms with van der Waals surface area (Å²) in [5.41, 5.74) is 0. The van der Waals surface area contributed by atoms with Crippen LogP contribution in [0.2, 0.25) is 0 Å². The molecule has 0 spiro atoms. The van der Waals surface area contributed by atoms with Gasteiger partial charge in [-0.05, 0) is 25.7 Å². The van der Waals surface area contributed by atoms with Crippen LogP contribution < -0.4 is 5.32 Å². The number of carbonyl (C=O) groups excluding carboxylic acids is 3. The van der Waals surface area contributed by atoms with Gasteiger partial charge in [0.25, 0.3) is 0 Å². The zero-order valence-corrected chi connectivity index (χ0v) is 17.5. The lowest BCUT2D eigenvalue weighted by molar-refractivity contribution is -0.149. The van der Waals surface area contributed by atoms with Gasteiger partial charge in [-0.3, -0.25) is 9.59 Å². The molecule has 6 nitrogen and oxygen atoms in total. The first-order chi connectivity index (χ1) is 13.0. The fourth-order valence-corrected chi connectivity index (χ4v) is 2.59. The molecule has 0 saturated heterocycles. The number of amides is 1. The highest BCUT2D eigenvalue weighted by Crippen LogP contribution is 2.06. The molecule has 0 aliphatic heterocycles. The van der Waals surface area contributed by atoms with E-state index in [0.717, 1.165) is 51.4 Å². The zero-order chi connectivity index (χ0) is 20.3. The molecule has 0 heterocycles. The van der Waals surface area contributed by atoms with Crippen molar-refractivity contribution in [1.29, 1.82) is 0 Å². The van der Waals surface area contributed by atoms with Crippen LogP contribution in [0.5, 0.6) is 0 Å². The highest BCUT2D eigenvalue weighted by Gasteiger charge is 2.23. The van der Waals surface area contributed by atoms with E-state index in [0.29, 0.717) is 26.1 Å². The highest BCUT2D eigenvalue weighted by atomic mass is 16.5. The Morgan fingerprint density at radius 2 is 1.33 bits per heavy atom. The van der Waals surface area contributed by atoms with Crippen molar-refractivity contribution in [2.24, 2.45) is 0 Å². The van der Waals surface area contributed by atoms with Crippen LogP contribution in [-0.4, -0.2) is 37.1 Å². The van der Waals surface area contributed by atoms with E-state index < -0.39 is 12.0 Å². The molecule has 0 unspecified atom stereocenters. The molecule has 1 amide bonds. The molecule has 1 N–H and O–H groups in total. The molecule has 0 aliphatic carbocycles.